The van der Waals surface area contributed by atoms with Crippen molar-refractivity contribution in [1.82, 2.24) is 14.8 Å². The number of fused-ring (bicyclic) bond motifs is 1. The van der Waals surface area contributed by atoms with E-state index in [-0.39, 0.29) is 6.04 Å². The highest BCUT2D eigenvalue weighted by Gasteiger charge is 2.09. The highest BCUT2D eigenvalue weighted by atomic mass is 79.9. The third-order valence-electron chi connectivity index (χ3n) is 3.62. The van der Waals surface area contributed by atoms with Gasteiger partial charge in [0.2, 0.25) is 0 Å². The van der Waals surface area contributed by atoms with Crippen molar-refractivity contribution in [2.24, 2.45) is 7.05 Å². The van der Waals surface area contributed by atoms with Gasteiger partial charge in [-0.25, -0.2) is 4.98 Å². The summed E-state index contributed by atoms with van der Waals surface area (Å²) in [6.07, 6.45) is 1.86. The molecule has 1 aromatic carbocycles. The van der Waals surface area contributed by atoms with Gasteiger partial charge in [-0.2, -0.15) is 5.10 Å². The fourth-order valence-corrected chi connectivity index (χ4v) is 2.74. The number of hydrogen-bond acceptors (Lipinski definition) is 3. The van der Waals surface area contributed by atoms with Crippen LogP contribution in [0.2, 0.25) is 0 Å². The summed E-state index contributed by atoms with van der Waals surface area (Å²) in [5.74, 6) is 0. The largest absolute Gasteiger partial charge is 0.377 e. The molecule has 5 heteroatoms. The lowest BCUT2D eigenvalue weighted by Crippen LogP contribution is -2.06. The van der Waals surface area contributed by atoms with Crippen LogP contribution < -0.4 is 5.32 Å². The number of anilines is 1. The van der Waals surface area contributed by atoms with Gasteiger partial charge in [0, 0.05) is 22.9 Å². The first-order valence-corrected chi connectivity index (χ1v) is 7.65. The molecule has 0 aliphatic carbocycles. The standard InChI is InChI=1S/C16H17BrN4/c1-10(12-4-6-13(17)7-5-12)19-14-8-15-11(2)20-21(3)16(15)18-9-14/h4-10,19H,1-3H3. The first-order valence-electron chi connectivity index (χ1n) is 6.86. The van der Waals surface area contributed by atoms with Crippen molar-refractivity contribution in [3.63, 3.8) is 0 Å². The summed E-state index contributed by atoms with van der Waals surface area (Å²) >= 11 is 3.46. The van der Waals surface area contributed by atoms with Crippen LogP contribution in [0.25, 0.3) is 11.0 Å². The van der Waals surface area contributed by atoms with Crippen LogP contribution in [0.4, 0.5) is 5.69 Å². The summed E-state index contributed by atoms with van der Waals surface area (Å²) in [6, 6.07) is 10.7. The Bertz CT molecular complexity index is 777. The minimum atomic E-state index is 0.217. The number of aryl methyl sites for hydroxylation is 2. The fraction of sp³-hybridized carbons (Fsp3) is 0.250. The maximum atomic E-state index is 4.49. The van der Waals surface area contributed by atoms with Gasteiger partial charge in [-0.05, 0) is 37.6 Å². The van der Waals surface area contributed by atoms with E-state index in [4.69, 9.17) is 0 Å². The zero-order valence-corrected chi connectivity index (χ0v) is 13.8. The molecule has 0 aliphatic heterocycles. The maximum absolute atomic E-state index is 4.49. The van der Waals surface area contributed by atoms with Gasteiger partial charge in [0.05, 0.1) is 17.6 Å². The van der Waals surface area contributed by atoms with Crippen molar-refractivity contribution in [1.29, 1.82) is 0 Å². The van der Waals surface area contributed by atoms with Crippen molar-refractivity contribution in [2.45, 2.75) is 19.9 Å². The third kappa shape index (κ3) is 2.78. The second-order valence-corrected chi connectivity index (χ2v) is 6.14. The number of nitrogens with zero attached hydrogens (tertiary/aromatic N) is 3. The summed E-state index contributed by atoms with van der Waals surface area (Å²) < 4.78 is 2.90. The van der Waals surface area contributed by atoms with E-state index in [1.165, 1.54) is 5.56 Å². The second kappa shape index (κ2) is 5.48. The number of rotatable bonds is 3. The fourth-order valence-electron chi connectivity index (χ4n) is 2.47. The topological polar surface area (TPSA) is 42.7 Å². The molecule has 0 aliphatic rings. The molecule has 0 amide bonds. The van der Waals surface area contributed by atoms with E-state index < -0.39 is 0 Å². The molecule has 2 aromatic heterocycles. The van der Waals surface area contributed by atoms with Gasteiger partial charge >= 0.3 is 0 Å². The van der Waals surface area contributed by atoms with Gasteiger partial charge in [0.15, 0.2) is 5.65 Å². The Morgan fingerprint density at radius 3 is 2.67 bits per heavy atom. The van der Waals surface area contributed by atoms with E-state index >= 15 is 0 Å². The van der Waals surface area contributed by atoms with Crippen LogP contribution in [0.15, 0.2) is 41.0 Å². The lowest BCUT2D eigenvalue weighted by Gasteiger charge is -2.15. The SMILES string of the molecule is Cc1nn(C)c2ncc(NC(C)c3ccc(Br)cc3)cc12. The summed E-state index contributed by atoms with van der Waals surface area (Å²) in [6.45, 7) is 4.15. The lowest BCUT2D eigenvalue weighted by atomic mass is 10.1. The van der Waals surface area contributed by atoms with E-state index in [0.717, 1.165) is 26.9 Å². The Labute approximate surface area is 132 Å². The van der Waals surface area contributed by atoms with E-state index in [9.17, 15) is 0 Å². The van der Waals surface area contributed by atoms with Crippen LogP contribution in [-0.2, 0) is 7.05 Å². The zero-order chi connectivity index (χ0) is 15.0. The zero-order valence-electron chi connectivity index (χ0n) is 12.3. The molecule has 0 saturated heterocycles. The molecular formula is C16H17BrN4. The minimum absolute atomic E-state index is 0.217. The highest BCUT2D eigenvalue weighted by Crippen LogP contribution is 2.24. The average Bonchev–Trinajstić information content (AvgIpc) is 2.74. The molecular weight excluding hydrogens is 328 g/mol. The molecule has 0 radical (unpaired) electrons. The number of aromatic nitrogens is 3. The Kier molecular flexibility index (Phi) is 3.68. The first-order chi connectivity index (χ1) is 10.0. The number of nitrogens with one attached hydrogen (secondary N) is 1. The maximum Gasteiger partial charge on any atom is 0.157 e. The van der Waals surface area contributed by atoms with Gasteiger partial charge in [0.25, 0.3) is 0 Å². The van der Waals surface area contributed by atoms with Crippen molar-refractivity contribution in [3.8, 4) is 0 Å². The van der Waals surface area contributed by atoms with E-state index in [0.29, 0.717) is 0 Å². The monoisotopic (exact) mass is 344 g/mol. The molecule has 3 aromatic rings. The smallest absolute Gasteiger partial charge is 0.157 e. The van der Waals surface area contributed by atoms with Crippen molar-refractivity contribution >= 4 is 32.7 Å². The lowest BCUT2D eigenvalue weighted by molar-refractivity contribution is 0.773. The Morgan fingerprint density at radius 2 is 1.95 bits per heavy atom. The van der Waals surface area contributed by atoms with Crippen LogP contribution >= 0.6 is 15.9 Å². The molecule has 1 N–H and O–H groups in total. The van der Waals surface area contributed by atoms with Crippen LogP contribution in [0.1, 0.15) is 24.2 Å². The summed E-state index contributed by atoms with van der Waals surface area (Å²) in [7, 11) is 1.92. The average molecular weight is 345 g/mol. The molecule has 0 saturated carbocycles. The molecule has 3 rings (SSSR count). The molecule has 0 fully saturated rings. The molecule has 21 heavy (non-hydrogen) atoms. The molecule has 108 valence electrons. The van der Waals surface area contributed by atoms with Gasteiger partial charge in [-0.3, -0.25) is 4.68 Å². The van der Waals surface area contributed by atoms with E-state index in [2.05, 4.69) is 68.6 Å². The number of pyridine rings is 1. The second-order valence-electron chi connectivity index (χ2n) is 5.22. The highest BCUT2D eigenvalue weighted by molar-refractivity contribution is 9.10. The van der Waals surface area contributed by atoms with Crippen LogP contribution in [0, 0.1) is 6.92 Å². The Balaban J connectivity index is 1.87. The van der Waals surface area contributed by atoms with Crippen molar-refractivity contribution in [3.05, 3.63) is 52.3 Å². The van der Waals surface area contributed by atoms with Crippen LogP contribution in [0.5, 0.6) is 0 Å². The van der Waals surface area contributed by atoms with Crippen molar-refractivity contribution < 1.29 is 0 Å². The van der Waals surface area contributed by atoms with Gasteiger partial charge < -0.3 is 5.32 Å². The minimum Gasteiger partial charge on any atom is -0.377 e. The predicted molar refractivity (Wildman–Crippen MR) is 89.4 cm³/mol. The molecule has 1 unspecified atom stereocenters. The van der Waals surface area contributed by atoms with Gasteiger partial charge in [0.1, 0.15) is 0 Å². The van der Waals surface area contributed by atoms with E-state index in [1.54, 1.807) is 0 Å². The van der Waals surface area contributed by atoms with E-state index in [1.807, 2.05) is 24.9 Å². The third-order valence-corrected chi connectivity index (χ3v) is 4.14. The van der Waals surface area contributed by atoms with Gasteiger partial charge in [-0.15, -0.1) is 0 Å². The molecule has 4 nitrogen and oxygen atoms in total. The van der Waals surface area contributed by atoms with Crippen LogP contribution in [0.3, 0.4) is 0 Å². The molecule has 2 heterocycles. The molecule has 1 atom stereocenters. The number of halogens is 1. The molecule has 0 spiro atoms. The summed E-state index contributed by atoms with van der Waals surface area (Å²) in [5.41, 5.74) is 4.16. The number of hydrogen-bond donors (Lipinski definition) is 1. The normalized spacial score (nSPS) is 12.6. The number of benzene rings is 1. The quantitative estimate of drug-likeness (QED) is 0.773. The van der Waals surface area contributed by atoms with Crippen LogP contribution in [-0.4, -0.2) is 14.8 Å². The Morgan fingerprint density at radius 1 is 1.24 bits per heavy atom. The van der Waals surface area contributed by atoms with Gasteiger partial charge in [-0.1, -0.05) is 28.1 Å². The molecule has 0 bridgehead atoms. The Hall–Kier alpha value is -1.88. The summed E-state index contributed by atoms with van der Waals surface area (Å²) in [5, 5.41) is 8.98. The predicted octanol–water partition coefficient (Wildman–Crippen LogP) is 4.21. The summed E-state index contributed by atoms with van der Waals surface area (Å²) in [4.78, 5) is 4.49. The first kappa shape index (κ1) is 14.1. The van der Waals surface area contributed by atoms with Crippen molar-refractivity contribution in [2.75, 3.05) is 5.32 Å².